The lowest BCUT2D eigenvalue weighted by Gasteiger charge is -2.14. The average Bonchev–Trinajstić information content (AvgIpc) is 2.03. The van der Waals surface area contributed by atoms with E-state index in [1.807, 2.05) is 0 Å². The van der Waals surface area contributed by atoms with E-state index in [0.29, 0.717) is 12.0 Å². The molecule has 0 bridgehead atoms. The highest BCUT2D eigenvalue weighted by Crippen LogP contribution is 2.10. The Bertz CT molecular complexity index is 220. The molecule has 0 radical (unpaired) electrons. The average molecular weight is 154 g/mol. The summed E-state index contributed by atoms with van der Waals surface area (Å²) in [6.45, 7) is 0. The van der Waals surface area contributed by atoms with Crippen LogP contribution in [0, 0.1) is 0 Å². The minimum absolute atomic E-state index is 0.329. The van der Waals surface area contributed by atoms with Crippen LogP contribution in [0.25, 0.3) is 0 Å². The molecule has 2 N–H and O–H groups in total. The molecule has 0 aromatic carbocycles. The van der Waals surface area contributed by atoms with E-state index < -0.39 is 0 Å². The smallest absolute Gasteiger partial charge is 0.335 e. The maximum atomic E-state index is 10.9. The van der Waals surface area contributed by atoms with Gasteiger partial charge in [0.05, 0.1) is 12.7 Å². The molecule has 0 saturated heterocycles. The third-order valence-electron chi connectivity index (χ3n) is 1.37. The van der Waals surface area contributed by atoms with Gasteiger partial charge >= 0.3 is 5.97 Å². The maximum Gasteiger partial charge on any atom is 0.335 e. The topological polar surface area (TPSA) is 55.6 Å². The molecule has 1 heterocycles. The number of carbonyl (C=O) groups excluding carboxylic acids is 1. The summed E-state index contributed by atoms with van der Waals surface area (Å²) in [6.07, 6.45) is 5.62. The number of hydrogen-bond donors (Lipinski definition) is 1. The molecular formula is C7H10N2O2. The van der Waals surface area contributed by atoms with Crippen LogP contribution >= 0.6 is 0 Å². The first-order chi connectivity index (χ1) is 5.24. The van der Waals surface area contributed by atoms with Crippen molar-refractivity contribution in [3.63, 3.8) is 0 Å². The second-order valence-corrected chi connectivity index (χ2v) is 2.18. The second kappa shape index (κ2) is 3.21. The van der Waals surface area contributed by atoms with Crippen molar-refractivity contribution in [2.75, 3.05) is 7.11 Å². The highest BCUT2D eigenvalue weighted by molar-refractivity contribution is 5.88. The van der Waals surface area contributed by atoms with Crippen LogP contribution in [0.2, 0.25) is 0 Å². The van der Waals surface area contributed by atoms with Gasteiger partial charge < -0.3 is 4.74 Å². The zero-order chi connectivity index (χ0) is 8.27. The van der Waals surface area contributed by atoms with Crippen molar-refractivity contribution >= 4 is 5.97 Å². The predicted octanol–water partition coefficient (Wildman–Crippen LogP) is 0.136. The third-order valence-corrected chi connectivity index (χ3v) is 1.37. The van der Waals surface area contributed by atoms with Gasteiger partial charge in [0.1, 0.15) is 0 Å². The van der Waals surface area contributed by atoms with Gasteiger partial charge in [0, 0.05) is 18.8 Å². The summed E-state index contributed by atoms with van der Waals surface area (Å²) < 4.78 is 4.51. The van der Waals surface area contributed by atoms with Crippen LogP contribution in [-0.4, -0.2) is 18.1 Å². The maximum absolute atomic E-state index is 10.9. The number of ether oxygens (including phenoxy) is 1. The molecule has 1 aliphatic heterocycles. The number of rotatable bonds is 1. The minimum Gasteiger partial charge on any atom is -0.466 e. The Kier molecular flexibility index (Phi) is 2.28. The summed E-state index contributed by atoms with van der Waals surface area (Å²) in [6, 6.07) is 0. The molecule has 0 amide bonds. The van der Waals surface area contributed by atoms with Crippen molar-refractivity contribution < 1.29 is 9.53 Å². The first-order valence-corrected chi connectivity index (χ1v) is 3.22. The Labute approximate surface area is 64.9 Å². The molecule has 0 saturated carbocycles. The van der Waals surface area contributed by atoms with Crippen LogP contribution in [-0.2, 0) is 9.53 Å². The molecule has 0 unspecified atom stereocenters. The Hall–Kier alpha value is -1.29. The third kappa shape index (κ3) is 1.81. The Morgan fingerprint density at radius 1 is 1.82 bits per heavy atom. The van der Waals surface area contributed by atoms with Gasteiger partial charge in [0.2, 0.25) is 0 Å². The highest BCUT2D eigenvalue weighted by Gasteiger charge is 2.10. The zero-order valence-electron chi connectivity index (χ0n) is 6.28. The van der Waals surface area contributed by atoms with Crippen LogP contribution in [0.15, 0.2) is 24.0 Å². The molecule has 0 aliphatic carbocycles. The quantitative estimate of drug-likeness (QED) is 0.431. The summed E-state index contributed by atoms with van der Waals surface area (Å²) in [5, 5.41) is 1.33. The van der Waals surface area contributed by atoms with E-state index in [4.69, 9.17) is 5.84 Å². The molecule has 0 aromatic heterocycles. The molecule has 1 aliphatic rings. The van der Waals surface area contributed by atoms with Crippen molar-refractivity contribution in [1.82, 2.24) is 5.01 Å². The van der Waals surface area contributed by atoms with Crippen molar-refractivity contribution in [1.29, 1.82) is 0 Å². The number of methoxy groups -OCH3 is 1. The fourth-order valence-electron chi connectivity index (χ4n) is 0.844. The Morgan fingerprint density at radius 3 is 3.09 bits per heavy atom. The molecule has 1 rings (SSSR count). The van der Waals surface area contributed by atoms with Crippen molar-refractivity contribution in [3.8, 4) is 0 Å². The van der Waals surface area contributed by atoms with Crippen molar-refractivity contribution in [2.24, 2.45) is 5.84 Å². The van der Waals surface area contributed by atoms with Gasteiger partial charge in [0.15, 0.2) is 0 Å². The number of carbonyl (C=O) groups is 1. The molecule has 4 nitrogen and oxygen atoms in total. The molecule has 0 spiro atoms. The summed E-state index contributed by atoms with van der Waals surface area (Å²) in [7, 11) is 1.35. The van der Waals surface area contributed by atoms with Gasteiger partial charge in [0.25, 0.3) is 0 Å². The standard InChI is InChI=1S/C7H10N2O2/c1-11-7(10)6-3-2-4-9(8)5-6/h2,4-5H,3,8H2,1H3. The van der Waals surface area contributed by atoms with Gasteiger partial charge in [-0.1, -0.05) is 6.08 Å². The molecule has 60 valence electrons. The largest absolute Gasteiger partial charge is 0.466 e. The lowest BCUT2D eigenvalue weighted by Crippen LogP contribution is -2.22. The lowest BCUT2D eigenvalue weighted by molar-refractivity contribution is -0.136. The summed E-state index contributed by atoms with van der Waals surface area (Å²) in [4.78, 5) is 10.9. The summed E-state index contributed by atoms with van der Waals surface area (Å²) in [5.41, 5.74) is 0.567. The zero-order valence-corrected chi connectivity index (χ0v) is 6.28. The monoisotopic (exact) mass is 154 g/mol. The normalized spacial score (nSPS) is 16.2. The number of esters is 1. The van der Waals surface area contributed by atoms with E-state index in [1.54, 1.807) is 18.5 Å². The number of allylic oxidation sites excluding steroid dienone is 1. The van der Waals surface area contributed by atoms with E-state index in [9.17, 15) is 4.79 Å². The van der Waals surface area contributed by atoms with Gasteiger partial charge in [-0.05, 0) is 0 Å². The van der Waals surface area contributed by atoms with Crippen LogP contribution in [0.5, 0.6) is 0 Å². The van der Waals surface area contributed by atoms with E-state index in [1.165, 1.54) is 12.1 Å². The SMILES string of the molecule is COC(=O)C1=CN(N)C=CC1. The molecule has 4 heteroatoms. The van der Waals surface area contributed by atoms with E-state index in [0.717, 1.165) is 0 Å². The molecule has 0 fully saturated rings. The molecule has 0 aromatic rings. The summed E-state index contributed by atoms with van der Waals surface area (Å²) in [5.74, 6) is 5.05. The van der Waals surface area contributed by atoms with Gasteiger partial charge in [-0.2, -0.15) is 0 Å². The Morgan fingerprint density at radius 2 is 2.55 bits per heavy atom. The fourth-order valence-corrected chi connectivity index (χ4v) is 0.844. The van der Waals surface area contributed by atoms with Crippen molar-refractivity contribution in [3.05, 3.63) is 24.0 Å². The van der Waals surface area contributed by atoms with Gasteiger partial charge in [-0.25, -0.2) is 10.6 Å². The number of nitrogens with two attached hydrogens (primary N) is 1. The Balaban J connectivity index is 2.66. The van der Waals surface area contributed by atoms with Gasteiger partial charge in [-0.15, -0.1) is 0 Å². The molecule has 11 heavy (non-hydrogen) atoms. The van der Waals surface area contributed by atoms with E-state index in [2.05, 4.69) is 4.74 Å². The fraction of sp³-hybridized carbons (Fsp3) is 0.286. The molecular weight excluding hydrogens is 144 g/mol. The lowest BCUT2D eigenvalue weighted by atomic mass is 10.2. The number of hydrazine groups is 1. The van der Waals surface area contributed by atoms with Crippen LogP contribution < -0.4 is 5.84 Å². The van der Waals surface area contributed by atoms with Crippen LogP contribution in [0.1, 0.15) is 6.42 Å². The number of hydrogen-bond acceptors (Lipinski definition) is 4. The minimum atomic E-state index is -0.329. The number of nitrogens with zero attached hydrogens (tertiary/aromatic N) is 1. The second-order valence-electron chi connectivity index (χ2n) is 2.18. The highest BCUT2D eigenvalue weighted by atomic mass is 16.5. The predicted molar refractivity (Wildman–Crippen MR) is 39.9 cm³/mol. The van der Waals surface area contributed by atoms with Crippen molar-refractivity contribution in [2.45, 2.75) is 6.42 Å². The van der Waals surface area contributed by atoms with E-state index >= 15 is 0 Å². The van der Waals surface area contributed by atoms with Gasteiger partial charge in [-0.3, -0.25) is 5.01 Å². The summed E-state index contributed by atoms with van der Waals surface area (Å²) >= 11 is 0. The van der Waals surface area contributed by atoms with Crippen LogP contribution in [0.4, 0.5) is 0 Å². The molecule has 0 atom stereocenters. The van der Waals surface area contributed by atoms with Crippen LogP contribution in [0.3, 0.4) is 0 Å². The first-order valence-electron chi connectivity index (χ1n) is 3.22. The first kappa shape index (κ1) is 7.81. The van der Waals surface area contributed by atoms with E-state index in [-0.39, 0.29) is 5.97 Å².